The predicted octanol–water partition coefficient (Wildman–Crippen LogP) is 3.24. The Bertz CT molecular complexity index is 642. The zero-order chi connectivity index (χ0) is 13.9. The van der Waals surface area contributed by atoms with Crippen LogP contribution < -0.4 is 9.47 Å². The van der Waals surface area contributed by atoms with Gasteiger partial charge in [0.15, 0.2) is 11.5 Å². The van der Waals surface area contributed by atoms with Crippen LogP contribution in [0.1, 0.15) is 17.9 Å². The maximum Gasteiger partial charge on any atom is 0.328 e. The minimum absolute atomic E-state index is 0.0181. The Balaban J connectivity index is 1.78. The van der Waals surface area contributed by atoms with E-state index in [1.165, 1.54) is 0 Å². The molecule has 0 radical (unpaired) electrons. The van der Waals surface area contributed by atoms with E-state index in [-0.39, 0.29) is 24.8 Å². The van der Waals surface area contributed by atoms with E-state index in [0.717, 1.165) is 28.0 Å². The molecule has 3 aliphatic heterocycles. The van der Waals surface area contributed by atoms with E-state index in [1.54, 1.807) is 0 Å². The molecule has 104 valence electrons. The molecule has 1 aromatic carbocycles. The maximum absolute atomic E-state index is 12.2. The van der Waals surface area contributed by atoms with Crippen molar-refractivity contribution in [1.29, 1.82) is 0 Å². The van der Waals surface area contributed by atoms with Gasteiger partial charge in [0.25, 0.3) is 0 Å². The first-order valence-corrected chi connectivity index (χ1v) is 7.84. The van der Waals surface area contributed by atoms with Crippen molar-refractivity contribution in [2.24, 2.45) is 0 Å². The van der Waals surface area contributed by atoms with Crippen molar-refractivity contribution in [2.75, 3.05) is 6.79 Å². The molecule has 0 saturated carbocycles. The maximum atomic E-state index is 12.2. The van der Waals surface area contributed by atoms with Crippen molar-refractivity contribution in [3.63, 3.8) is 0 Å². The average molecular weight is 402 g/mol. The number of fused-ring (bicyclic) bond motifs is 3. The van der Waals surface area contributed by atoms with Crippen molar-refractivity contribution in [3.8, 4) is 11.5 Å². The van der Waals surface area contributed by atoms with Gasteiger partial charge in [0.05, 0.1) is 0 Å². The molecule has 1 aromatic rings. The fourth-order valence-corrected chi connectivity index (χ4v) is 4.67. The molecule has 1 fully saturated rings. The molecule has 4 aliphatic rings. The molecule has 1 saturated heterocycles. The quantitative estimate of drug-likeness (QED) is 0.535. The highest BCUT2D eigenvalue weighted by molar-refractivity contribution is 9.12. The third kappa shape index (κ3) is 1.67. The smallest absolute Gasteiger partial charge is 0.328 e. The fourth-order valence-electron chi connectivity index (χ4n) is 2.93. The number of halogens is 2. The summed E-state index contributed by atoms with van der Waals surface area (Å²) in [6, 6.07) is 5.82. The molecule has 0 spiro atoms. The van der Waals surface area contributed by atoms with Crippen LogP contribution >= 0.6 is 31.9 Å². The Kier molecular flexibility index (Phi) is 2.70. The number of esters is 1. The van der Waals surface area contributed by atoms with Crippen LogP contribution in [0.4, 0.5) is 0 Å². The van der Waals surface area contributed by atoms with Crippen molar-refractivity contribution in [3.05, 3.63) is 34.3 Å². The van der Waals surface area contributed by atoms with Gasteiger partial charge in [-0.05, 0) is 30.2 Å². The van der Waals surface area contributed by atoms with E-state index in [2.05, 4.69) is 31.9 Å². The Morgan fingerprint density at radius 3 is 2.90 bits per heavy atom. The van der Waals surface area contributed by atoms with Gasteiger partial charge in [0.2, 0.25) is 6.79 Å². The number of alkyl halides is 1. The van der Waals surface area contributed by atoms with Crippen LogP contribution in [0.25, 0.3) is 0 Å². The lowest BCUT2D eigenvalue weighted by Crippen LogP contribution is -2.50. The van der Waals surface area contributed by atoms with E-state index in [0.29, 0.717) is 0 Å². The van der Waals surface area contributed by atoms with Gasteiger partial charge < -0.3 is 14.2 Å². The van der Waals surface area contributed by atoms with Crippen LogP contribution in [0.3, 0.4) is 0 Å². The summed E-state index contributed by atoms with van der Waals surface area (Å²) >= 11 is 7.04. The highest BCUT2D eigenvalue weighted by Crippen LogP contribution is 2.53. The van der Waals surface area contributed by atoms with Crippen molar-refractivity contribution in [2.45, 2.75) is 22.8 Å². The van der Waals surface area contributed by atoms with Gasteiger partial charge in [0.1, 0.15) is 10.4 Å². The second-order valence-electron chi connectivity index (χ2n) is 5.09. The highest BCUT2D eigenvalue weighted by atomic mass is 79.9. The molecule has 0 N–H and O–H groups in total. The summed E-state index contributed by atoms with van der Waals surface area (Å²) in [4.78, 5) is 12.2. The summed E-state index contributed by atoms with van der Waals surface area (Å²) < 4.78 is 16.2. The van der Waals surface area contributed by atoms with Gasteiger partial charge >= 0.3 is 5.97 Å². The van der Waals surface area contributed by atoms with Crippen molar-refractivity contribution in [1.82, 2.24) is 0 Å². The standard InChI is InChI=1S/C14H10Br2O4/c15-9-5-14(16)8(4-11(9)20-13(14)17)7-1-2-10-12(3-7)19-6-18-10/h1-3,5,8,11H,4,6H2/t8?,11-,14+/m1/s1. The lowest BCUT2D eigenvalue weighted by molar-refractivity contribution is -0.155. The molecule has 0 amide bonds. The number of ether oxygens (including phenoxy) is 3. The van der Waals surface area contributed by atoms with Crippen molar-refractivity contribution < 1.29 is 19.0 Å². The second kappa shape index (κ2) is 4.24. The summed E-state index contributed by atoms with van der Waals surface area (Å²) in [5, 5.41) is 0. The number of carbonyl (C=O) groups is 1. The van der Waals surface area contributed by atoms with Crippen LogP contribution in [0.2, 0.25) is 0 Å². The largest absolute Gasteiger partial charge is 0.456 e. The van der Waals surface area contributed by atoms with Crippen LogP contribution in [0.15, 0.2) is 28.8 Å². The number of benzene rings is 1. The fraction of sp³-hybridized carbons (Fsp3) is 0.357. The molecule has 0 aromatic heterocycles. The number of hydrogen-bond acceptors (Lipinski definition) is 4. The average Bonchev–Trinajstić information content (AvgIpc) is 2.87. The van der Waals surface area contributed by atoms with E-state index in [4.69, 9.17) is 14.2 Å². The zero-order valence-corrected chi connectivity index (χ0v) is 13.4. The number of hydrogen-bond donors (Lipinski definition) is 0. The SMILES string of the molecule is O=C1O[C@@H]2CC(c3ccc4c(c3)OCO4)[C@@]1(Br)C=C2Br. The molecule has 3 heterocycles. The Labute approximate surface area is 132 Å². The van der Waals surface area contributed by atoms with Crippen molar-refractivity contribution >= 4 is 37.8 Å². The molecule has 1 unspecified atom stereocenters. The van der Waals surface area contributed by atoms with Gasteiger partial charge in [-0.25, -0.2) is 0 Å². The van der Waals surface area contributed by atoms with Gasteiger partial charge in [-0.2, -0.15) is 0 Å². The van der Waals surface area contributed by atoms with Gasteiger partial charge in [-0.15, -0.1) is 0 Å². The number of carbonyl (C=O) groups excluding carboxylic acids is 1. The summed E-state index contributed by atoms with van der Waals surface area (Å²) in [7, 11) is 0. The number of rotatable bonds is 1. The topological polar surface area (TPSA) is 44.8 Å². The summed E-state index contributed by atoms with van der Waals surface area (Å²) in [5.41, 5.74) is 1.05. The Hall–Kier alpha value is -1.01. The minimum Gasteiger partial charge on any atom is -0.456 e. The van der Waals surface area contributed by atoms with E-state index in [1.807, 2.05) is 24.3 Å². The first kappa shape index (κ1) is 12.7. The van der Waals surface area contributed by atoms with Crippen LogP contribution in [-0.2, 0) is 9.53 Å². The third-order valence-electron chi connectivity index (χ3n) is 3.97. The van der Waals surface area contributed by atoms with Gasteiger partial charge in [-0.1, -0.05) is 37.9 Å². The van der Waals surface area contributed by atoms with Crippen LogP contribution in [0, 0.1) is 0 Å². The molecule has 5 rings (SSSR count). The third-order valence-corrected chi connectivity index (χ3v) is 5.82. The first-order valence-electron chi connectivity index (χ1n) is 6.26. The van der Waals surface area contributed by atoms with Gasteiger partial charge in [-0.3, -0.25) is 4.79 Å². The van der Waals surface area contributed by atoms with Crippen LogP contribution in [-0.4, -0.2) is 23.2 Å². The molecule has 20 heavy (non-hydrogen) atoms. The molecular formula is C14H10Br2O4. The van der Waals surface area contributed by atoms with Crippen LogP contribution in [0.5, 0.6) is 11.5 Å². The Morgan fingerprint density at radius 1 is 1.25 bits per heavy atom. The Morgan fingerprint density at radius 2 is 2.05 bits per heavy atom. The van der Waals surface area contributed by atoms with E-state index < -0.39 is 4.32 Å². The molecule has 4 nitrogen and oxygen atoms in total. The van der Waals surface area contributed by atoms with E-state index >= 15 is 0 Å². The normalized spacial score (nSPS) is 33.9. The lowest BCUT2D eigenvalue weighted by atomic mass is 9.76. The van der Waals surface area contributed by atoms with Gasteiger partial charge in [0, 0.05) is 10.4 Å². The highest BCUT2D eigenvalue weighted by Gasteiger charge is 2.54. The molecule has 2 bridgehead atoms. The predicted molar refractivity (Wildman–Crippen MR) is 78.5 cm³/mol. The summed E-state index contributed by atoms with van der Waals surface area (Å²) in [6.07, 6.45) is 2.45. The summed E-state index contributed by atoms with van der Waals surface area (Å²) in [5.74, 6) is 1.26. The molecule has 1 aliphatic carbocycles. The summed E-state index contributed by atoms with van der Waals surface area (Å²) in [6.45, 7) is 0.249. The lowest BCUT2D eigenvalue weighted by Gasteiger charge is -2.44. The minimum atomic E-state index is -0.811. The molecule has 6 heteroatoms. The first-order chi connectivity index (χ1) is 9.58. The zero-order valence-electron chi connectivity index (χ0n) is 10.3. The second-order valence-corrected chi connectivity index (χ2v) is 7.32. The monoisotopic (exact) mass is 400 g/mol. The molecule has 3 atom stereocenters. The van der Waals surface area contributed by atoms with E-state index in [9.17, 15) is 4.79 Å². The molecular weight excluding hydrogens is 392 g/mol.